The molecule has 14 heavy (non-hydrogen) atoms. The van der Waals surface area contributed by atoms with Gasteiger partial charge in [-0.2, -0.15) is 12.6 Å². The molecule has 0 saturated carbocycles. The molecule has 1 aromatic rings. The minimum absolute atomic E-state index is 0.0502. The van der Waals surface area contributed by atoms with E-state index in [0.29, 0.717) is 0 Å². The Hall–Kier alpha value is -0.670. The lowest BCUT2D eigenvalue weighted by molar-refractivity contribution is -0.272. The predicted molar refractivity (Wildman–Crippen MR) is 41.9 cm³/mol. The molecule has 1 aromatic heterocycles. The van der Waals surface area contributed by atoms with Gasteiger partial charge in [-0.05, 0) is 0 Å². The molecule has 0 unspecified atom stereocenters. The fourth-order valence-electron chi connectivity index (χ4n) is 0.649. The molecule has 0 amide bonds. The van der Waals surface area contributed by atoms with E-state index < -0.39 is 22.2 Å². The molecule has 0 aliphatic carbocycles. The van der Waals surface area contributed by atoms with E-state index in [9.17, 15) is 21.6 Å². The molecule has 4 nitrogen and oxygen atoms in total. The zero-order valence-electron chi connectivity index (χ0n) is 6.48. The van der Waals surface area contributed by atoms with Crippen LogP contribution in [0.5, 0.6) is 0 Å². The third-order valence-corrected chi connectivity index (χ3v) is 3.04. The molecule has 1 heterocycles. The number of aromatic nitrogens is 1. The second kappa shape index (κ2) is 3.83. The van der Waals surface area contributed by atoms with Crippen molar-refractivity contribution in [1.82, 2.24) is 4.98 Å². The first kappa shape index (κ1) is 11.4. The largest absolute Gasteiger partial charge is 0.537 e. The minimum Gasteiger partial charge on any atom is -0.249 e. The molecule has 0 fully saturated rings. The van der Waals surface area contributed by atoms with E-state index in [1.165, 1.54) is 11.6 Å². The highest BCUT2D eigenvalue weighted by Crippen LogP contribution is 2.22. The quantitative estimate of drug-likeness (QED) is 0.760. The van der Waals surface area contributed by atoms with Crippen molar-refractivity contribution in [1.29, 1.82) is 0 Å². The number of halogens is 3. The Balaban J connectivity index is 2.69. The summed E-state index contributed by atoms with van der Waals surface area (Å²) in [6, 6.07) is 0. The molecule has 1 rings (SSSR count). The van der Waals surface area contributed by atoms with Gasteiger partial charge < -0.3 is 0 Å². The number of rotatable bonds is 3. The Kier molecular flexibility index (Phi) is 3.12. The predicted octanol–water partition coefficient (Wildman–Crippen LogP) is 1.51. The van der Waals surface area contributed by atoms with Crippen LogP contribution in [0.1, 0.15) is 5.01 Å². The third-order valence-electron chi connectivity index (χ3n) is 1.01. The SMILES string of the molecule is O=S(=O)(Cc1nccs1)OC(F)(F)F. The molecule has 0 aliphatic rings. The summed E-state index contributed by atoms with van der Waals surface area (Å²) in [5, 5.41) is 1.51. The molecule has 0 aromatic carbocycles. The van der Waals surface area contributed by atoms with E-state index in [4.69, 9.17) is 0 Å². The van der Waals surface area contributed by atoms with Crippen LogP contribution in [0.4, 0.5) is 13.2 Å². The fraction of sp³-hybridized carbons (Fsp3) is 0.400. The van der Waals surface area contributed by atoms with Crippen LogP contribution in [-0.4, -0.2) is 19.8 Å². The average Bonchev–Trinajstić information content (AvgIpc) is 2.31. The maximum absolute atomic E-state index is 11.6. The number of hydrogen-bond donors (Lipinski definition) is 0. The molecule has 0 aliphatic heterocycles. The second-order valence-electron chi connectivity index (χ2n) is 2.16. The zero-order chi connectivity index (χ0) is 10.8. The first-order valence-corrected chi connectivity index (χ1v) is 5.63. The average molecular weight is 247 g/mol. The van der Waals surface area contributed by atoms with Gasteiger partial charge in [0, 0.05) is 11.6 Å². The van der Waals surface area contributed by atoms with Crippen LogP contribution in [0.3, 0.4) is 0 Å². The summed E-state index contributed by atoms with van der Waals surface area (Å²) in [7, 11) is -4.64. The topological polar surface area (TPSA) is 56.3 Å². The smallest absolute Gasteiger partial charge is 0.249 e. The van der Waals surface area contributed by atoms with Gasteiger partial charge in [0.1, 0.15) is 10.8 Å². The highest BCUT2D eigenvalue weighted by molar-refractivity contribution is 7.86. The summed E-state index contributed by atoms with van der Waals surface area (Å²) in [5.41, 5.74) is 0. The summed E-state index contributed by atoms with van der Waals surface area (Å²) < 4.78 is 59.1. The van der Waals surface area contributed by atoms with E-state index in [1.807, 2.05) is 0 Å². The molecule has 0 radical (unpaired) electrons. The Bertz CT molecular complexity index is 383. The van der Waals surface area contributed by atoms with Gasteiger partial charge >= 0.3 is 6.36 Å². The van der Waals surface area contributed by atoms with E-state index in [0.717, 1.165) is 11.3 Å². The van der Waals surface area contributed by atoms with Crippen molar-refractivity contribution in [3.63, 3.8) is 0 Å². The lowest BCUT2D eigenvalue weighted by Gasteiger charge is -2.05. The fourth-order valence-corrected chi connectivity index (χ4v) is 2.48. The van der Waals surface area contributed by atoms with E-state index in [-0.39, 0.29) is 5.01 Å². The van der Waals surface area contributed by atoms with Gasteiger partial charge in [-0.15, -0.1) is 24.5 Å². The summed E-state index contributed by atoms with van der Waals surface area (Å²) in [6.07, 6.45) is -3.89. The van der Waals surface area contributed by atoms with E-state index in [1.54, 1.807) is 0 Å². The molecule has 0 spiro atoms. The van der Waals surface area contributed by atoms with Crippen molar-refractivity contribution in [2.45, 2.75) is 12.1 Å². The number of hydrogen-bond acceptors (Lipinski definition) is 5. The summed E-state index contributed by atoms with van der Waals surface area (Å²) >= 11 is 0.938. The first-order valence-electron chi connectivity index (χ1n) is 3.17. The molecule has 9 heteroatoms. The third kappa shape index (κ3) is 4.03. The maximum atomic E-state index is 11.6. The van der Waals surface area contributed by atoms with Crippen molar-refractivity contribution in [3.8, 4) is 0 Å². The van der Waals surface area contributed by atoms with Gasteiger partial charge in [0.05, 0.1) is 0 Å². The molecule has 0 bridgehead atoms. The summed E-state index contributed by atoms with van der Waals surface area (Å²) in [4.78, 5) is 3.52. The Morgan fingerprint density at radius 1 is 1.50 bits per heavy atom. The van der Waals surface area contributed by atoms with E-state index >= 15 is 0 Å². The molecule has 0 saturated heterocycles. The monoisotopic (exact) mass is 247 g/mol. The van der Waals surface area contributed by atoms with Crippen molar-refractivity contribution in [2.24, 2.45) is 0 Å². The second-order valence-corrected chi connectivity index (χ2v) is 4.71. The zero-order valence-corrected chi connectivity index (χ0v) is 8.12. The van der Waals surface area contributed by atoms with Crippen molar-refractivity contribution >= 4 is 21.5 Å². The summed E-state index contributed by atoms with van der Waals surface area (Å²) in [6.45, 7) is 0. The van der Waals surface area contributed by atoms with Gasteiger partial charge in [0.2, 0.25) is 0 Å². The van der Waals surface area contributed by atoms with Gasteiger partial charge in [0.25, 0.3) is 10.1 Å². The molecule has 80 valence electrons. The van der Waals surface area contributed by atoms with Crippen LogP contribution >= 0.6 is 11.3 Å². The normalized spacial score (nSPS) is 13.1. The Morgan fingerprint density at radius 3 is 2.57 bits per heavy atom. The van der Waals surface area contributed by atoms with Gasteiger partial charge in [-0.3, -0.25) is 0 Å². The van der Waals surface area contributed by atoms with Gasteiger partial charge in [0.15, 0.2) is 0 Å². The number of nitrogens with zero attached hydrogens (tertiary/aromatic N) is 1. The van der Waals surface area contributed by atoms with Crippen molar-refractivity contribution < 1.29 is 25.8 Å². The Morgan fingerprint density at radius 2 is 2.14 bits per heavy atom. The number of thiazole rings is 1. The highest BCUT2D eigenvalue weighted by atomic mass is 32.2. The first-order chi connectivity index (χ1) is 6.29. The van der Waals surface area contributed by atoms with Gasteiger partial charge in [-0.25, -0.2) is 4.98 Å². The van der Waals surface area contributed by atoms with Crippen molar-refractivity contribution in [2.75, 3.05) is 0 Å². The molecule has 0 atom stereocenters. The molecular formula is C5H4F3NO3S2. The van der Waals surface area contributed by atoms with Gasteiger partial charge in [-0.1, -0.05) is 0 Å². The highest BCUT2D eigenvalue weighted by Gasteiger charge is 2.37. The van der Waals surface area contributed by atoms with Crippen LogP contribution in [0.15, 0.2) is 11.6 Å². The number of alkyl halides is 3. The van der Waals surface area contributed by atoms with Crippen LogP contribution in [0.2, 0.25) is 0 Å². The standard InChI is InChI=1S/C5H4F3NO3S2/c6-5(7,8)12-14(10,11)3-4-9-1-2-13-4/h1-2H,3H2. The maximum Gasteiger partial charge on any atom is 0.537 e. The lowest BCUT2D eigenvalue weighted by Crippen LogP contribution is -2.20. The molecular weight excluding hydrogens is 243 g/mol. The molecule has 0 N–H and O–H groups in total. The Labute approximate surface area is 81.5 Å². The van der Waals surface area contributed by atoms with Crippen LogP contribution in [0.25, 0.3) is 0 Å². The van der Waals surface area contributed by atoms with E-state index in [2.05, 4.69) is 9.17 Å². The lowest BCUT2D eigenvalue weighted by atomic mass is 10.8. The summed E-state index contributed by atoms with van der Waals surface area (Å²) in [5.74, 6) is -0.871. The minimum atomic E-state index is -5.18. The van der Waals surface area contributed by atoms with Crippen LogP contribution < -0.4 is 0 Å². The van der Waals surface area contributed by atoms with Crippen LogP contribution in [0, 0.1) is 0 Å². The van der Waals surface area contributed by atoms with Crippen LogP contribution in [-0.2, 0) is 20.1 Å². The van der Waals surface area contributed by atoms with Crippen molar-refractivity contribution in [3.05, 3.63) is 16.6 Å².